The van der Waals surface area contributed by atoms with Crippen LogP contribution < -0.4 is 10.9 Å². The van der Waals surface area contributed by atoms with Crippen LogP contribution in [0.1, 0.15) is 35.8 Å². The molecule has 10 heteroatoms. The van der Waals surface area contributed by atoms with Crippen molar-refractivity contribution in [3.8, 4) is 28.4 Å². The zero-order chi connectivity index (χ0) is 24.0. The Morgan fingerprint density at radius 1 is 1.29 bits per heavy atom. The first-order chi connectivity index (χ1) is 17.2. The Kier molecular flexibility index (Phi) is 7.09. The van der Waals surface area contributed by atoms with E-state index in [0.29, 0.717) is 19.0 Å². The Balaban J connectivity index is 1.25. The predicted octanol–water partition coefficient (Wildman–Crippen LogP) is 2.42. The normalized spacial score (nSPS) is 16.1. The van der Waals surface area contributed by atoms with Crippen LogP contribution >= 0.6 is 11.3 Å². The van der Waals surface area contributed by atoms with Crippen LogP contribution in [0, 0.1) is 11.8 Å². The van der Waals surface area contributed by atoms with Gasteiger partial charge in [-0.3, -0.25) is 14.3 Å². The molecule has 0 radical (unpaired) electrons. The van der Waals surface area contributed by atoms with Gasteiger partial charge in [-0.1, -0.05) is 17.9 Å². The number of thiophene rings is 1. The molecule has 1 saturated heterocycles. The minimum absolute atomic E-state index is 0.103. The highest BCUT2D eigenvalue weighted by molar-refractivity contribution is 7.13. The quantitative estimate of drug-likeness (QED) is 0.403. The number of nitrogens with zero attached hydrogens (tertiary/aromatic N) is 6. The number of likely N-dealkylation sites (tertiary alicyclic amines) is 1. The number of hydrogen-bond donors (Lipinski definition) is 2. The molecular formula is C25H26N8OS. The molecule has 4 aromatic heterocycles. The van der Waals surface area contributed by atoms with Gasteiger partial charge in [-0.25, -0.2) is 19.9 Å². The Hall–Kier alpha value is -3.65. The summed E-state index contributed by atoms with van der Waals surface area (Å²) in [5.74, 6) is 7.53. The molecule has 1 aliphatic heterocycles. The van der Waals surface area contributed by atoms with E-state index in [-0.39, 0.29) is 11.5 Å². The summed E-state index contributed by atoms with van der Waals surface area (Å²) in [5.41, 5.74) is 2.36. The van der Waals surface area contributed by atoms with Crippen LogP contribution in [0.2, 0.25) is 0 Å². The molecule has 2 N–H and O–H groups in total. The van der Waals surface area contributed by atoms with Crippen LogP contribution in [0.3, 0.4) is 0 Å². The van der Waals surface area contributed by atoms with E-state index in [1.807, 2.05) is 35.3 Å². The molecule has 0 amide bonds. The van der Waals surface area contributed by atoms with Crippen molar-refractivity contribution >= 4 is 11.3 Å². The largest absolute Gasteiger partial charge is 0.310 e. The van der Waals surface area contributed by atoms with Gasteiger partial charge in [0, 0.05) is 43.7 Å². The van der Waals surface area contributed by atoms with Crippen LogP contribution in [0.4, 0.5) is 0 Å². The van der Waals surface area contributed by atoms with Crippen molar-refractivity contribution in [3.05, 3.63) is 75.9 Å². The van der Waals surface area contributed by atoms with Crippen molar-refractivity contribution in [2.45, 2.75) is 25.3 Å². The molecule has 5 rings (SSSR count). The maximum Gasteiger partial charge on any atom is 0.251 e. The first kappa shape index (κ1) is 23.1. The van der Waals surface area contributed by atoms with Gasteiger partial charge in [0.2, 0.25) is 5.95 Å². The molecule has 0 bridgehead atoms. The van der Waals surface area contributed by atoms with Gasteiger partial charge in [0.05, 0.1) is 28.4 Å². The van der Waals surface area contributed by atoms with Crippen LogP contribution in [0.5, 0.6) is 0 Å². The van der Waals surface area contributed by atoms with E-state index in [9.17, 15) is 4.79 Å². The molecule has 1 aliphatic rings. The van der Waals surface area contributed by atoms with Crippen molar-refractivity contribution in [2.75, 3.05) is 26.7 Å². The molecule has 1 atom stereocenters. The lowest BCUT2D eigenvalue weighted by atomic mass is 9.97. The molecular weight excluding hydrogens is 460 g/mol. The van der Waals surface area contributed by atoms with Crippen LogP contribution in [0.15, 0.2) is 53.3 Å². The average molecular weight is 487 g/mol. The summed E-state index contributed by atoms with van der Waals surface area (Å²) in [7, 11) is 1.86. The number of aromatic amines is 1. The fourth-order valence-electron chi connectivity index (χ4n) is 4.18. The van der Waals surface area contributed by atoms with E-state index in [0.717, 1.165) is 53.6 Å². The Labute approximate surface area is 207 Å². The summed E-state index contributed by atoms with van der Waals surface area (Å²) < 4.78 is 1.82. The molecule has 5 heterocycles. The SMILES string of the molecule is CNCC#Cc1cnc(-n2cnc(CN3CCCC(c4nc(-c5cccs5)cc(=O)[nH]4)C3)c2)nc1. The molecule has 0 saturated carbocycles. The van der Waals surface area contributed by atoms with E-state index in [1.165, 1.54) is 0 Å². The van der Waals surface area contributed by atoms with E-state index in [4.69, 9.17) is 4.98 Å². The van der Waals surface area contributed by atoms with Crippen molar-refractivity contribution in [1.29, 1.82) is 0 Å². The van der Waals surface area contributed by atoms with E-state index >= 15 is 0 Å². The molecule has 0 aliphatic carbocycles. The van der Waals surface area contributed by atoms with Gasteiger partial charge in [0.15, 0.2) is 0 Å². The van der Waals surface area contributed by atoms with Gasteiger partial charge < -0.3 is 10.3 Å². The van der Waals surface area contributed by atoms with Crippen LogP contribution in [-0.4, -0.2) is 61.1 Å². The average Bonchev–Trinajstić information content (AvgIpc) is 3.57. The van der Waals surface area contributed by atoms with E-state index in [2.05, 4.69) is 42.0 Å². The molecule has 178 valence electrons. The summed E-state index contributed by atoms with van der Waals surface area (Å²) in [4.78, 5) is 36.8. The minimum Gasteiger partial charge on any atom is -0.310 e. The summed E-state index contributed by atoms with van der Waals surface area (Å²) in [6.07, 6.45) is 9.18. The Bertz CT molecular complexity index is 1380. The second kappa shape index (κ2) is 10.7. The van der Waals surface area contributed by atoms with Gasteiger partial charge in [-0.2, -0.15) is 0 Å². The van der Waals surface area contributed by atoms with E-state index in [1.54, 1.807) is 36.1 Å². The van der Waals surface area contributed by atoms with Crippen molar-refractivity contribution in [2.24, 2.45) is 0 Å². The summed E-state index contributed by atoms with van der Waals surface area (Å²) >= 11 is 1.59. The van der Waals surface area contributed by atoms with Crippen molar-refractivity contribution in [3.63, 3.8) is 0 Å². The topological polar surface area (TPSA) is 105 Å². The van der Waals surface area contributed by atoms with Gasteiger partial charge in [-0.05, 0) is 37.9 Å². The highest BCUT2D eigenvalue weighted by Gasteiger charge is 2.24. The third kappa shape index (κ3) is 5.71. The zero-order valence-electron chi connectivity index (χ0n) is 19.4. The summed E-state index contributed by atoms with van der Waals surface area (Å²) in [5, 5.41) is 4.98. The molecule has 9 nitrogen and oxygen atoms in total. The Morgan fingerprint density at radius 2 is 2.17 bits per heavy atom. The maximum absolute atomic E-state index is 12.3. The standard InChI is InChI=1S/C25H26N8OS/c1-26-8-2-5-18-12-27-25(28-13-18)33-16-20(29-17-33)15-32-9-3-6-19(14-32)24-30-21(11-23(34)31-24)22-7-4-10-35-22/h4,7,10-13,16-17,19,26H,3,6,8-9,14-15H2,1H3,(H,30,31,34). The smallest absolute Gasteiger partial charge is 0.251 e. The Morgan fingerprint density at radius 3 is 2.97 bits per heavy atom. The van der Waals surface area contributed by atoms with Gasteiger partial charge in [0.25, 0.3) is 5.56 Å². The lowest BCUT2D eigenvalue weighted by molar-refractivity contribution is 0.194. The third-order valence-electron chi connectivity index (χ3n) is 5.81. The lowest BCUT2D eigenvalue weighted by Crippen LogP contribution is -2.35. The number of aromatic nitrogens is 6. The monoisotopic (exact) mass is 486 g/mol. The highest BCUT2D eigenvalue weighted by Crippen LogP contribution is 2.27. The first-order valence-electron chi connectivity index (χ1n) is 11.5. The highest BCUT2D eigenvalue weighted by atomic mass is 32.1. The lowest BCUT2D eigenvalue weighted by Gasteiger charge is -2.31. The maximum atomic E-state index is 12.3. The molecule has 4 aromatic rings. The first-order valence-corrected chi connectivity index (χ1v) is 12.4. The number of piperidine rings is 1. The summed E-state index contributed by atoms with van der Waals surface area (Å²) in [6.45, 7) is 3.14. The molecule has 35 heavy (non-hydrogen) atoms. The van der Waals surface area contributed by atoms with Gasteiger partial charge in [0.1, 0.15) is 12.2 Å². The number of rotatable bonds is 6. The summed E-state index contributed by atoms with van der Waals surface area (Å²) in [6, 6.07) is 5.54. The number of hydrogen-bond acceptors (Lipinski definition) is 8. The molecule has 1 fully saturated rings. The van der Waals surface area contributed by atoms with Crippen molar-refractivity contribution < 1.29 is 0 Å². The van der Waals surface area contributed by atoms with Gasteiger partial charge >= 0.3 is 0 Å². The second-order valence-corrected chi connectivity index (χ2v) is 9.39. The minimum atomic E-state index is -0.103. The third-order valence-corrected chi connectivity index (χ3v) is 6.71. The molecule has 0 aromatic carbocycles. The van der Waals surface area contributed by atoms with Gasteiger partial charge in [-0.15, -0.1) is 11.3 Å². The number of nitrogens with one attached hydrogen (secondary N) is 2. The van der Waals surface area contributed by atoms with Crippen LogP contribution in [0.25, 0.3) is 16.5 Å². The zero-order valence-corrected chi connectivity index (χ0v) is 20.3. The fraction of sp³-hybridized carbons (Fsp3) is 0.320. The predicted molar refractivity (Wildman–Crippen MR) is 135 cm³/mol. The molecule has 0 spiro atoms. The molecule has 1 unspecified atom stereocenters. The number of H-pyrrole nitrogens is 1. The number of imidazole rings is 1. The fourth-order valence-corrected chi connectivity index (χ4v) is 4.87. The van der Waals surface area contributed by atoms with Crippen LogP contribution in [-0.2, 0) is 6.54 Å². The second-order valence-electron chi connectivity index (χ2n) is 8.44. The van der Waals surface area contributed by atoms with Crippen molar-refractivity contribution in [1.82, 2.24) is 39.7 Å². The van der Waals surface area contributed by atoms with E-state index < -0.39 is 0 Å².